The van der Waals surface area contributed by atoms with Gasteiger partial charge in [0.25, 0.3) is 0 Å². The number of ether oxygens (including phenoxy) is 1. The van der Waals surface area contributed by atoms with Gasteiger partial charge in [0.05, 0.1) is 13.7 Å². The molecular formula is C18H27N3O3. The number of benzene rings is 1. The lowest BCUT2D eigenvalue weighted by atomic mass is 9.96. The molecule has 0 unspecified atom stereocenters. The number of methoxy groups -OCH3 is 1. The van der Waals surface area contributed by atoms with Gasteiger partial charge in [-0.2, -0.15) is 0 Å². The fourth-order valence-corrected chi connectivity index (χ4v) is 2.84. The number of rotatable bonds is 7. The van der Waals surface area contributed by atoms with E-state index < -0.39 is 0 Å². The molecule has 1 aromatic rings. The molecule has 6 nitrogen and oxygen atoms in total. The van der Waals surface area contributed by atoms with E-state index in [-0.39, 0.29) is 24.5 Å². The Bertz CT molecular complexity index is 525. The molecule has 3 N–H and O–H groups in total. The first-order chi connectivity index (χ1) is 11.7. The molecule has 1 aliphatic rings. The molecule has 3 amide bonds. The monoisotopic (exact) mass is 333 g/mol. The van der Waals surface area contributed by atoms with Crippen LogP contribution in [0.25, 0.3) is 0 Å². The number of amides is 3. The van der Waals surface area contributed by atoms with Crippen LogP contribution in [0.1, 0.15) is 37.7 Å². The number of urea groups is 1. The highest BCUT2D eigenvalue weighted by molar-refractivity contribution is 5.83. The normalized spacial score (nSPS) is 14.7. The van der Waals surface area contributed by atoms with Crippen molar-refractivity contribution in [1.29, 1.82) is 0 Å². The van der Waals surface area contributed by atoms with Crippen LogP contribution < -0.4 is 20.7 Å². The zero-order chi connectivity index (χ0) is 17.2. The lowest BCUT2D eigenvalue weighted by Gasteiger charge is -2.22. The van der Waals surface area contributed by atoms with Crippen molar-refractivity contribution in [3.05, 3.63) is 29.8 Å². The second-order valence-electron chi connectivity index (χ2n) is 6.11. The highest BCUT2D eigenvalue weighted by Gasteiger charge is 2.15. The first kappa shape index (κ1) is 18.1. The highest BCUT2D eigenvalue weighted by Crippen LogP contribution is 2.17. The van der Waals surface area contributed by atoms with E-state index >= 15 is 0 Å². The van der Waals surface area contributed by atoms with Crippen molar-refractivity contribution in [2.75, 3.05) is 20.2 Å². The molecule has 132 valence electrons. The standard InChI is InChI=1S/C18H27N3O3/c1-24-16-9-7-14(8-10-16)11-12-19-17(22)13-20-18(23)21-15-5-3-2-4-6-15/h7-10,15H,2-6,11-13H2,1H3,(H,19,22)(H2,20,21,23). The fourth-order valence-electron chi connectivity index (χ4n) is 2.84. The van der Waals surface area contributed by atoms with E-state index in [1.807, 2.05) is 24.3 Å². The molecule has 1 fully saturated rings. The van der Waals surface area contributed by atoms with E-state index in [0.717, 1.165) is 43.4 Å². The number of nitrogens with one attached hydrogen (secondary N) is 3. The summed E-state index contributed by atoms with van der Waals surface area (Å²) in [5.74, 6) is 0.637. The molecule has 1 aromatic carbocycles. The van der Waals surface area contributed by atoms with Gasteiger partial charge in [0, 0.05) is 12.6 Å². The summed E-state index contributed by atoms with van der Waals surface area (Å²) in [7, 11) is 1.63. The number of carbonyl (C=O) groups excluding carboxylic acids is 2. The van der Waals surface area contributed by atoms with Crippen LogP contribution in [0.5, 0.6) is 5.75 Å². The molecule has 24 heavy (non-hydrogen) atoms. The van der Waals surface area contributed by atoms with Crippen LogP contribution in [0.15, 0.2) is 24.3 Å². The van der Waals surface area contributed by atoms with Gasteiger partial charge in [0.15, 0.2) is 0 Å². The van der Waals surface area contributed by atoms with Crippen molar-refractivity contribution >= 4 is 11.9 Å². The molecule has 0 saturated heterocycles. The molecule has 0 spiro atoms. The van der Waals surface area contributed by atoms with Gasteiger partial charge in [-0.1, -0.05) is 31.4 Å². The zero-order valence-corrected chi connectivity index (χ0v) is 14.3. The van der Waals surface area contributed by atoms with E-state index in [9.17, 15) is 9.59 Å². The van der Waals surface area contributed by atoms with Gasteiger partial charge in [0.1, 0.15) is 5.75 Å². The molecule has 0 aliphatic heterocycles. The molecule has 6 heteroatoms. The van der Waals surface area contributed by atoms with E-state index in [0.29, 0.717) is 6.54 Å². The molecule has 0 atom stereocenters. The molecule has 2 rings (SSSR count). The van der Waals surface area contributed by atoms with E-state index in [2.05, 4.69) is 16.0 Å². The highest BCUT2D eigenvalue weighted by atomic mass is 16.5. The first-order valence-corrected chi connectivity index (χ1v) is 8.61. The van der Waals surface area contributed by atoms with Gasteiger partial charge < -0.3 is 20.7 Å². The van der Waals surface area contributed by atoms with E-state index in [1.54, 1.807) is 7.11 Å². The smallest absolute Gasteiger partial charge is 0.315 e. The van der Waals surface area contributed by atoms with Gasteiger partial charge >= 0.3 is 6.03 Å². The predicted octanol–water partition coefficient (Wildman–Crippen LogP) is 1.99. The Hall–Kier alpha value is -2.24. The topological polar surface area (TPSA) is 79.5 Å². The average molecular weight is 333 g/mol. The molecular weight excluding hydrogens is 306 g/mol. The maximum atomic E-state index is 11.8. The van der Waals surface area contributed by atoms with Gasteiger partial charge in [0.2, 0.25) is 5.91 Å². The molecule has 0 aromatic heterocycles. The van der Waals surface area contributed by atoms with Crippen LogP contribution in [0.2, 0.25) is 0 Å². The summed E-state index contributed by atoms with van der Waals surface area (Å²) in [6.45, 7) is 0.540. The summed E-state index contributed by atoms with van der Waals surface area (Å²) in [6.07, 6.45) is 6.37. The summed E-state index contributed by atoms with van der Waals surface area (Å²) < 4.78 is 5.10. The third-order valence-corrected chi connectivity index (χ3v) is 4.24. The van der Waals surface area contributed by atoms with E-state index in [4.69, 9.17) is 4.74 Å². The number of hydrogen-bond donors (Lipinski definition) is 3. The van der Waals surface area contributed by atoms with Crippen molar-refractivity contribution in [2.24, 2.45) is 0 Å². The van der Waals surface area contributed by atoms with Gasteiger partial charge in [-0.15, -0.1) is 0 Å². The molecule has 0 bridgehead atoms. The Morgan fingerprint density at radius 2 is 1.79 bits per heavy atom. The lowest BCUT2D eigenvalue weighted by Crippen LogP contribution is -2.46. The maximum Gasteiger partial charge on any atom is 0.315 e. The third kappa shape index (κ3) is 6.48. The van der Waals surface area contributed by atoms with Crippen molar-refractivity contribution in [2.45, 2.75) is 44.6 Å². The minimum absolute atomic E-state index is 0.00116. The van der Waals surface area contributed by atoms with Crippen LogP contribution in [-0.2, 0) is 11.2 Å². The lowest BCUT2D eigenvalue weighted by molar-refractivity contribution is -0.120. The minimum atomic E-state index is -0.257. The Kier molecular flexibility index (Phi) is 7.39. The quantitative estimate of drug-likeness (QED) is 0.714. The predicted molar refractivity (Wildman–Crippen MR) is 93.1 cm³/mol. The van der Waals surface area contributed by atoms with Gasteiger partial charge in [-0.3, -0.25) is 4.79 Å². The van der Waals surface area contributed by atoms with Crippen LogP contribution in [-0.4, -0.2) is 38.2 Å². The maximum absolute atomic E-state index is 11.8. The van der Waals surface area contributed by atoms with Crippen molar-refractivity contribution in [3.63, 3.8) is 0 Å². The number of hydrogen-bond acceptors (Lipinski definition) is 3. The van der Waals surface area contributed by atoms with Gasteiger partial charge in [-0.05, 0) is 37.0 Å². The van der Waals surface area contributed by atoms with Crippen molar-refractivity contribution < 1.29 is 14.3 Å². The van der Waals surface area contributed by atoms with Crippen molar-refractivity contribution in [3.8, 4) is 5.75 Å². The van der Waals surface area contributed by atoms with Gasteiger partial charge in [-0.25, -0.2) is 4.79 Å². The summed E-state index contributed by atoms with van der Waals surface area (Å²) >= 11 is 0. The van der Waals surface area contributed by atoms with Crippen LogP contribution >= 0.6 is 0 Å². The van der Waals surface area contributed by atoms with Crippen LogP contribution in [0.4, 0.5) is 4.79 Å². The summed E-state index contributed by atoms with van der Waals surface area (Å²) in [6, 6.07) is 7.73. The third-order valence-electron chi connectivity index (χ3n) is 4.24. The Morgan fingerprint density at radius 1 is 1.08 bits per heavy atom. The van der Waals surface area contributed by atoms with Crippen molar-refractivity contribution in [1.82, 2.24) is 16.0 Å². The Labute approximate surface area is 143 Å². The Balaban J connectivity index is 1.57. The number of carbonyl (C=O) groups is 2. The molecule has 0 radical (unpaired) electrons. The summed E-state index contributed by atoms with van der Waals surface area (Å²) in [5, 5.41) is 8.35. The molecule has 1 aliphatic carbocycles. The second-order valence-corrected chi connectivity index (χ2v) is 6.11. The zero-order valence-electron chi connectivity index (χ0n) is 14.3. The minimum Gasteiger partial charge on any atom is -0.497 e. The van der Waals surface area contributed by atoms with Crippen LogP contribution in [0.3, 0.4) is 0 Å². The SMILES string of the molecule is COc1ccc(CCNC(=O)CNC(=O)NC2CCCCC2)cc1. The fraction of sp³-hybridized carbons (Fsp3) is 0.556. The first-order valence-electron chi connectivity index (χ1n) is 8.61. The largest absolute Gasteiger partial charge is 0.497 e. The molecule has 1 saturated carbocycles. The van der Waals surface area contributed by atoms with Crippen LogP contribution in [0, 0.1) is 0 Å². The Morgan fingerprint density at radius 3 is 2.46 bits per heavy atom. The summed E-state index contributed by atoms with van der Waals surface area (Å²) in [4.78, 5) is 23.5. The van der Waals surface area contributed by atoms with E-state index in [1.165, 1.54) is 6.42 Å². The average Bonchev–Trinajstić information content (AvgIpc) is 2.61. The summed E-state index contributed by atoms with van der Waals surface area (Å²) in [5.41, 5.74) is 1.12. The molecule has 0 heterocycles. The second kappa shape index (κ2) is 9.80.